The number of nitro groups is 1. The van der Waals surface area contributed by atoms with Crippen molar-refractivity contribution < 1.29 is 13.3 Å². The predicted molar refractivity (Wildman–Crippen MR) is 68.5 cm³/mol. The highest BCUT2D eigenvalue weighted by Crippen LogP contribution is 2.18. The molecule has 0 amide bonds. The van der Waals surface area contributed by atoms with Crippen molar-refractivity contribution >= 4 is 15.5 Å². The van der Waals surface area contributed by atoms with Crippen LogP contribution in [0.1, 0.15) is 12.8 Å². The van der Waals surface area contributed by atoms with E-state index in [9.17, 15) is 18.5 Å². The van der Waals surface area contributed by atoms with Crippen molar-refractivity contribution in [1.82, 2.24) is 10.3 Å². The Balaban J connectivity index is 2.12. The molecular formula is C11H15N3O4S. The van der Waals surface area contributed by atoms with E-state index in [1.807, 2.05) is 0 Å². The first-order valence-corrected chi connectivity index (χ1v) is 7.68. The van der Waals surface area contributed by atoms with Crippen LogP contribution in [0.4, 0.5) is 5.69 Å². The maximum atomic E-state index is 12.1. The lowest BCUT2D eigenvalue weighted by Gasteiger charge is -2.22. The van der Waals surface area contributed by atoms with E-state index in [-0.39, 0.29) is 22.4 Å². The monoisotopic (exact) mass is 285 g/mol. The molecule has 19 heavy (non-hydrogen) atoms. The van der Waals surface area contributed by atoms with Crippen LogP contribution in [0, 0.1) is 16.0 Å². The fraction of sp³-hybridized carbons (Fsp3) is 0.545. The zero-order valence-electron chi connectivity index (χ0n) is 10.3. The highest BCUT2D eigenvalue weighted by molar-refractivity contribution is 7.91. The van der Waals surface area contributed by atoms with Gasteiger partial charge >= 0.3 is 0 Å². The topological polar surface area (TPSA) is 102 Å². The minimum Gasteiger partial charge on any atom is -0.316 e. The Morgan fingerprint density at radius 2 is 2.26 bits per heavy atom. The largest absolute Gasteiger partial charge is 0.316 e. The molecule has 1 aliphatic heterocycles. The van der Waals surface area contributed by atoms with Gasteiger partial charge in [-0.1, -0.05) is 0 Å². The maximum absolute atomic E-state index is 12.1. The van der Waals surface area contributed by atoms with Gasteiger partial charge in [-0.2, -0.15) is 0 Å². The van der Waals surface area contributed by atoms with Gasteiger partial charge in [0.1, 0.15) is 6.20 Å². The van der Waals surface area contributed by atoms with Gasteiger partial charge in [-0.3, -0.25) is 10.1 Å². The van der Waals surface area contributed by atoms with Gasteiger partial charge in [0.25, 0.3) is 5.69 Å². The molecule has 1 atom stereocenters. The highest BCUT2D eigenvalue weighted by atomic mass is 32.2. The number of pyridine rings is 1. The first-order valence-electron chi connectivity index (χ1n) is 6.03. The Morgan fingerprint density at radius 3 is 2.79 bits per heavy atom. The second-order valence-corrected chi connectivity index (χ2v) is 6.59. The Hall–Kier alpha value is -1.54. The molecule has 1 aromatic heterocycles. The van der Waals surface area contributed by atoms with Crippen molar-refractivity contribution in [3.8, 4) is 0 Å². The lowest BCUT2D eigenvalue weighted by atomic mass is 10.0. The third-order valence-corrected chi connectivity index (χ3v) is 4.89. The van der Waals surface area contributed by atoms with E-state index in [0.29, 0.717) is 6.54 Å². The van der Waals surface area contributed by atoms with E-state index in [2.05, 4.69) is 10.3 Å². The normalized spacial score (nSPS) is 20.1. The standard InChI is InChI=1S/C11H15N3O4S/c15-14(16)10-3-4-11(13-7-10)19(17,18)8-9-2-1-5-12-6-9/h3-4,7,9,12H,1-2,5-6,8H2/t9-/m0/s1. The summed E-state index contributed by atoms with van der Waals surface area (Å²) in [5, 5.41) is 13.6. The summed E-state index contributed by atoms with van der Waals surface area (Å²) in [4.78, 5) is 13.6. The Bertz CT molecular complexity index is 550. The molecule has 7 nitrogen and oxygen atoms in total. The Morgan fingerprint density at radius 1 is 1.47 bits per heavy atom. The number of hydrogen-bond donors (Lipinski definition) is 1. The summed E-state index contributed by atoms with van der Waals surface area (Å²) in [7, 11) is -3.48. The number of aromatic nitrogens is 1. The molecule has 1 aromatic rings. The molecular weight excluding hydrogens is 270 g/mol. The molecule has 8 heteroatoms. The Kier molecular flexibility index (Phi) is 4.11. The summed E-state index contributed by atoms with van der Waals surface area (Å²) in [5.41, 5.74) is -0.210. The molecule has 104 valence electrons. The fourth-order valence-electron chi connectivity index (χ4n) is 2.13. The number of piperidine rings is 1. The summed E-state index contributed by atoms with van der Waals surface area (Å²) >= 11 is 0. The minimum absolute atomic E-state index is 0.0326. The highest BCUT2D eigenvalue weighted by Gasteiger charge is 2.24. The van der Waals surface area contributed by atoms with E-state index in [0.717, 1.165) is 25.6 Å². The molecule has 2 rings (SSSR count). The lowest BCUT2D eigenvalue weighted by molar-refractivity contribution is -0.385. The first-order chi connectivity index (χ1) is 8.99. The zero-order chi connectivity index (χ0) is 13.9. The molecule has 0 aromatic carbocycles. The number of rotatable bonds is 4. The van der Waals surface area contributed by atoms with Crippen LogP contribution in [-0.2, 0) is 9.84 Å². The van der Waals surface area contributed by atoms with Crippen molar-refractivity contribution in [2.45, 2.75) is 17.9 Å². The summed E-state index contributed by atoms with van der Waals surface area (Å²) < 4.78 is 24.2. The van der Waals surface area contributed by atoms with Crippen molar-refractivity contribution in [3.05, 3.63) is 28.4 Å². The van der Waals surface area contributed by atoms with E-state index >= 15 is 0 Å². The fourth-order valence-corrected chi connectivity index (χ4v) is 3.69. The van der Waals surface area contributed by atoms with Gasteiger partial charge in [0.15, 0.2) is 14.9 Å². The summed E-state index contributed by atoms with van der Waals surface area (Å²) in [6, 6.07) is 2.36. The van der Waals surface area contributed by atoms with Crippen molar-refractivity contribution in [3.63, 3.8) is 0 Å². The summed E-state index contributed by atoms with van der Waals surface area (Å²) in [6.45, 7) is 1.61. The molecule has 0 spiro atoms. The van der Waals surface area contributed by atoms with Gasteiger partial charge in [0.2, 0.25) is 0 Å². The molecule has 2 heterocycles. The van der Waals surface area contributed by atoms with Gasteiger partial charge in [0, 0.05) is 6.07 Å². The Labute approximate surface area is 111 Å². The summed E-state index contributed by atoms with van der Waals surface area (Å²) in [5.74, 6) is 0.112. The van der Waals surface area contributed by atoms with E-state index in [4.69, 9.17) is 0 Å². The van der Waals surface area contributed by atoms with Crippen LogP contribution in [-0.4, -0.2) is 37.2 Å². The third kappa shape index (κ3) is 3.48. The van der Waals surface area contributed by atoms with Crippen LogP contribution in [0.3, 0.4) is 0 Å². The quantitative estimate of drug-likeness (QED) is 0.647. The molecule has 1 N–H and O–H groups in total. The van der Waals surface area contributed by atoms with Crippen LogP contribution in [0.25, 0.3) is 0 Å². The van der Waals surface area contributed by atoms with Crippen LogP contribution < -0.4 is 5.32 Å². The van der Waals surface area contributed by atoms with Crippen LogP contribution in [0.2, 0.25) is 0 Å². The van der Waals surface area contributed by atoms with Gasteiger partial charge in [-0.25, -0.2) is 13.4 Å². The average Bonchev–Trinajstić information content (AvgIpc) is 2.39. The average molecular weight is 285 g/mol. The second-order valence-electron chi connectivity index (χ2n) is 4.61. The maximum Gasteiger partial charge on any atom is 0.287 e. The van der Waals surface area contributed by atoms with Crippen molar-refractivity contribution in [1.29, 1.82) is 0 Å². The van der Waals surface area contributed by atoms with Gasteiger partial charge < -0.3 is 5.32 Å². The molecule has 1 saturated heterocycles. The van der Waals surface area contributed by atoms with Gasteiger partial charge in [-0.05, 0) is 37.9 Å². The van der Waals surface area contributed by atoms with Crippen molar-refractivity contribution in [2.24, 2.45) is 5.92 Å². The number of nitrogens with zero attached hydrogens (tertiary/aromatic N) is 2. The second kappa shape index (κ2) is 5.62. The molecule has 0 aliphatic carbocycles. The van der Waals surface area contributed by atoms with Crippen LogP contribution in [0.15, 0.2) is 23.4 Å². The number of sulfone groups is 1. The molecule has 0 unspecified atom stereocenters. The third-order valence-electron chi connectivity index (χ3n) is 3.10. The first kappa shape index (κ1) is 13.9. The summed E-state index contributed by atoms with van der Waals surface area (Å²) in [6.07, 6.45) is 2.82. The lowest BCUT2D eigenvalue weighted by Crippen LogP contribution is -2.33. The van der Waals surface area contributed by atoms with E-state index in [1.165, 1.54) is 12.1 Å². The molecule has 1 fully saturated rings. The minimum atomic E-state index is -3.48. The number of hydrogen-bond acceptors (Lipinski definition) is 6. The molecule has 0 saturated carbocycles. The molecule has 0 bridgehead atoms. The van der Waals surface area contributed by atoms with Crippen LogP contribution >= 0.6 is 0 Å². The van der Waals surface area contributed by atoms with Gasteiger partial charge in [-0.15, -0.1) is 0 Å². The van der Waals surface area contributed by atoms with Crippen molar-refractivity contribution in [2.75, 3.05) is 18.8 Å². The smallest absolute Gasteiger partial charge is 0.287 e. The molecule has 1 aliphatic rings. The van der Waals surface area contributed by atoms with E-state index < -0.39 is 14.8 Å². The van der Waals surface area contributed by atoms with E-state index in [1.54, 1.807) is 0 Å². The zero-order valence-corrected chi connectivity index (χ0v) is 11.1. The number of nitrogens with one attached hydrogen (secondary N) is 1. The SMILES string of the molecule is O=[N+]([O-])c1ccc(S(=O)(=O)C[C@H]2CCCNC2)nc1. The van der Waals surface area contributed by atoms with Crippen LogP contribution in [0.5, 0.6) is 0 Å². The predicted octanol–water partition coefficient (Wildman–Crippen LogP) is 0.763. The van der Waals surface area contributed by atoms with Gasteiger partial charge in [0.05, 0.1) is 10.7 Å². The molecule has 0 radical (unpaired) electrons.